The average molecular weight is 333 g/mol. The number of amides is 1. The van der Waals surface area contributed by atoms with E-state index in [1.807, 2.05) is 36.4 Å². The first-order chi connectivity index (χ1) is 10.6. The van der Waals surface area contributed by atoms with Crippen molar-refractivity contribution in [3.8, 4) is 0 Å². The number of nitrogens with one attached hydrogen (secondary N) is 1. The van der Waals surface area contributed by atoms with Gasteiger partial charge < -0.3 is 0 Å². The van der Waals surface area contributed by atoms with Gasteiger partial charge in [0, 0.05) is 28.8 Å². The van der Waals surface area contributed by atoms with Crippen LogP contribution in [0, 0.1) is 0 Å². The van der Waals surface area contributed by atoms with Crippen LogP contribution < -0.4 is 5.43 Å². The van der Waals surface area contributed by atoms with E-state index in [-0.39, 0.29) is 5.91 Å². The first kappa shape index (κ1) is 16.6. The number of thioether (sulfide) groups is 1. The molecule has 3 nitrogen and oxygen atoms in total. The Morgan fingerprint density at radius 2 is 1.64 bits per heavy atom. The zero-order valence-corrected chi connectivity index (χ0v) is 14.0. The molecule has 0 atom stereocenters. The first-order valence-electron chi connectivity index (χ1n) is 6.78. The van der Waals surface area contributed by atoms with Crippen molar-refractivity contribution in [2.45, 2.75) is 12.7 Å². The van der Waals surface area contributed by atoms with Crippen molar-refractivity contribution in [3.63, 3.8) is 0 Å². The molecule has 0 radical (unpaired) electrons. The summed E-state index contributed by atoms with van der Waals surface area (Å²) in [7, 11) is 0. The molecule has 0 bridgehead atoms. The molecule has 0 saturated heterocycles. The Kier molecular flexibility index (Phi) is 6.04. The summed E-state index contributed by atoms with van der Waals surface area (Å²) in [5, 5.41) is 4.90. The van der Waals surface area contributed by atoms with Gasteiger partial charge in [0.05, 0.1) is 5.71 Å². The topological polar surface area (TPSA) is 41.5 Å². The average Bonchev–Trinajstić information content (AvgIpc) is 2.51. The van der Waals surface area contributed by atoms with Crippen molar-refractivity contribution < 1.29 is 4.79 Å². The van der Waals surface area contributed by atoms with E-state index in [2.05, 4.69) is 28.9 Å². The van der Waals surface area contributed by atoms with E-state index in [0.29, 0.717) is 10.7 Å². The molecule has 0 saturated carbocycles. The summed E-state index contributed by atoms with van der Waals surface area (Å²) < 4.78 is 0. The van der Waals surface area contributed by atoms with Crippen molar-refractivity contribution in [2.24, 2.45) is 5.10 Å². The van der Waals surface area contributed by atoms with Crippen LogP contribution in [0.5, 0.6) is 0 Å². The van der Waals surface area contributed by atoms with Gasteiger partial charge in [-0.25, -0.2) is 5.43 Å². The molecule has 1 amide bonds. The maximum Gasteiger partial charge on any atom is 0.236 e. The highest BCUT2D eigenvalue weighted by molar-refractivity contribution is 7.97. The highest BCUT2D eigenvalue weighted by Gasteiger charge is 2.08. The van der Waals surface area contributed by atoms with Gasteiger partial charge in [0.15, 0.2) is 0 Å². The van der Waals surface area contributed by atoms with Gasteiger partial charge in [0.1, 0.15) is 0 Å². The van der Waals surface area contributed by atoms with Crippen LogP contribution in [0.3, 0.4) is 0 Å². The lowest BCUT2D eigenvalue weighted by Crippen LogP contribution is -2.17. The third kappa shape index (κ3) is 4.61. The van der Waals surface area contributed by atoms with Crippen LogP contribution in [-0.4, -0.2) is 17.9 Å². The quantitative estimate of drug-likeness (QED) is 0.661. The summed E-state index contributed by atoms with van der Waals surface area (Å²) >= 11 is 7.71. The molecular formula is C17H17ClN2OS. The van der Waals surface area contributed by atoms with Crippen molar-refractivity contribution in [1.82, 2.24) is 5.43 Å². The number of carbonyl (C=O) groups excluding carboxylic acids is 1. The van der Waals surface area contributed by atoms with Crippen molar-refractivity contribution >= 4 is 35.0 Å². The largest absolute Gasteiger partial charge is 0.274 e. The molecule has 0 aliphatic rings. The number of carbonyl (C=O) groups is 1. The van der Waals surface area contributed by atoms with Gasteiger partial charge in [-0.1, -0.05) is 48.0 Å². The summed E-state index contributed by atoms with van der Waals surface area (Å²) in [6.45, 7) is 1.44. The van der Waals surface area contributed by atoms with Gasteiger partial charge in [-0.3, -0.25) is 4.79 Å². The molecule has 2 rings (SSSR count). The Morgan fingerprint density at radius 3 is 2.14 bits per heavy atom. The molecule has 0 spiro atoms. The number of benzene rings is 2. The summed E-state index contributed by atoms with van der Waals surface area (Å²) in [5.74, 6) is 0.768. The molecule has 0 aliphatic heterocycles. The summed E-state index contributed by atoms with van der Waals surface area (Å²) in [5.41, 5.74) is 6.32. The Bertz CT molecular complexity index is 666. The SMILES string of the molecule is CSCc1ccc(/C(=N\NC(C)=O)c2ccc(Cl)cc2)cc1. The summed E-state index contributed by atoms with van der Waals surface area (Å²) in [6, 6.07) is 15.6. The molecule has 114 valence electrons. The minimum absolute atomic E-state index is 0.203. The van der Waals surface area contributed by atoms with Gasteiger partial charge in [0.25, 0.3) is 0 Å². The predicted molar refractivity (Wildman–Crippen MR) is 94.6 cm³/mol. The molecule has 0 unspecified atom stereocenters. The van der Waals surface area contributed by atoms with Gasteiger partial charge in [-0.2, -0.15) is 16.9 Å². The van der Waals surface area contributed by atoms with Crippen LogP contribution in [0.15, 0.2) is 53.6 Å². The van der Waals surface area contributed by atoms with Crippen LogP contribution in [0.1, 0.15) is 23.6 Å². The van der Waals surface area contributed by atoms with Gasteiger partial charge in [0.2, 0.25) is 5.91 Å². The molecule has 22 heavy (non-hydrogen) atoms. The Balaban J connectivity index is 2.37. The van der Waals surface area contributed by atoms with E-state index >= 15 is 0 Å². The van der Waals surface area contributed by atoms with E-state index in [4.69, 9.17) is 11.6 Å². The minimum Gasteiger partial charge on any atom is -0.274 e. The number of hydrazone groups is 1. The number of halogens is 1. The Labute approximate surface area is 139 Å². The van der Waals surface area contributed by atoms with Crippen molar-refractivity contribution in [1.29, 1.82) is 0 Å². The van der Waals surface area contributed by atoms with Crippen LogP contribution in [0.2, 0.25) is 5.02 Å². The van der Waals surface area contributed by atoms with E-state index in [1.54, 1.807) is 11.8 Å². The Morgan fingerprint density at radius 1 is 1.09 bits per heavy atom. The fourth-order valence-corrected chi connectivity index (χ4v) is 2.62. The zero-order chi connectivity index (χ0) is 15.9. The lowest BCUT2D eigenvalue weighted by atomic mass is 10.0. The monoisotopic (exact) mass is 332 g/mol. The normalized spacial score (nSPS) is 11.3. The van der Waals surface area contributed by atoms with E-state index < -0.39 is 0 Å². The number of hydrogen-bond acceptors (Lipinski definition) is 3. The predicted octanol–water partition coefficient (Wildman–Crippen LogP) is 4.09. The Hall–Kier alpha value is -1.78. The molecule has 0 aliphatic carbocycles. The van der Waals surface area contributed by atoms with Gasteiger partial charge >= 0.3 is 0 Å². The van der Waals surface area contributed by atoms with Crippen LogP contribution in [0.4, 0.5) is 0 Å². The molecular weight excluding hydrogens is 316 g/mol. The molecule has 1 N–H and O–H groups in total. The second kappa shape index (κ2) is 8.01. The van der Waals surface area contributed by atoms with E-state index in [0.717, 1.165) is 16.9 Å². The molecule has 2 aromatic carbocycles. The number of rotatable bonds is 5. The number of hydrogen-bond donors (Lipinski definition) is 1. The zero-order valence-electron chi connectivity index (χ0n) is 12.5. The molecule has 5 heteroatoms. The minimum atomic E-state index is -0.203. The fraction of sp³-hybridized carbons (Fsp3) is 0.176. The molecule has 0 fully saturated rings. The summed E-state index contributed by atoms with van der Waals surface area (Å²) in [4.78, 5) is 11.2. The molecule has 0 aromatic heterocycles. The lowest BCUT2D eigenvalue weighted by molar-refractivity contribution is -0.118. The van der Waals surface area contributed by atoms with Crippen molar-refractivity contribution in [3.05, 3.63) is 70.2 Å². The van der Waals surface area contributed by atoms with Gasteiger partial charge in [-0.05, 0) is 24.0 Å². The van der Waals surface area contributed by atoms with Crippen LogP contribution in [0.25, 0.3) is 0 Å². The van der Waals surface area contributed by atoms with Crippen molar-refractivity contribution in [2.75, 3.05) is 6.26 Å². The van der Waals surface area contributed by atoms with E-state index in [1.165, 1.54) is 12.5 Å². The summed E-state index contributed by atoms with van der Waals surface area (Å²) in [6.07, 6.45) is 2.07. The van der Waals surface area contributed by atoms with Crippen LogP contribution >= 0.6 is 23.4 Å². The maximum atomic E-state index is 11.2. The molecule has 0 heterocycles. The highest BCUT2D eigenvalue weighted by atomic mass is 35.5. The second-order valence-electron chi connectivity index (χ2n) is 4.77. The van der Waals surface area contributed by atoms with Gasteiger partial charge in [-0.15, -0.1) is 0 Å². The third-order valence-electron chi connectivity index (χ3n) is 2.98. The second-order valence-corrected chi connectivity index (χ2v) is 6.07. The maximum absolute atomic E-state index is 11.2. The smallest absolute Gasteiger partial charge is 0.236 e. The van der Waals surface area contributed by atoms with Crippen LogP contribution in [-0.2, 0) is 10.5 Å². The fourth-order valence-electron chi connectivity index (χ4n) is 1.96. The van der Waals surface area contributed by atoms with E-state index in [9.17, 15) is 4.79 Å². The third-order valence-corrected chi connectivity index (χ3v) is 3.86. The highest BCUT2D eigenvalue weighted by Crippen LogP contribution is 2.16. The standard InChI is InChI=1S/C17H17ClN2OS/c1-12(21)19-20-17(15-7-9-16(18)10-8-15)14-5-3-13(4-6-14)11-22-2/h3-10H,11H2,1-2H3,(H,19,21)/b20-17+. The lowest BCUT2D eigenvalue weighted by Gasteiger charge is -2.09. The number of nitrogens with zero attached hydrogens (tertiary/aromatic N) is 1. The first-order valence-corrected chi connectivity index (χ1v) is 8.56. The molecule has 2 aromatic rings.